The molecule has 2 aliphatic rings. The number of carbonyl (C=O) groups is 2. The maximum absolute atomic E-state index is 12.3. The van der Waals surface area contributed by atoms with Crippen LogP contribution in [0.2, 0.25) is 0 Å². The van der Waals surface area contributed by atoms with Crippen molar-refractivity contribution in [3.63, 3.8) is 0 Å². The number of aliphatic carboxylic acids is 1. The monoisotopic (exact) mass is 476 g/mol. The third-order valence-electron chi connectivity index (χ3n) is 7.62. The predicted molar refractivity (Wildman–Crippen MR) is 128 cm³/mol. The lowest BCUT2D eigenvalue weighted by molar-refractivity contribution is -0.160. The van der Waals surface area contributed by atoms with E-state index in [1.807, 2.05) is 12.1 Å². The van der Waals surface area contributed by atoms with Crippen LogP contribution in [0.5, 0.6) is 5.75 Å². The molecule has 2 N–H and O–H groups in total. The van der Waals surface area contributed by atoms with E-state index in [4.69, 9.17) is 19.3 Å². The molecule has 3 rings (SSSR count). The van der Waals surface area contributed by atoms with Crippen LogP contribution in [0.15, 0.2) is 18.2 Å². The summed E-state index contributed by atoms with van der Waals surface area (Å²) in [5, 5.41) is 19.9. The van der Waals surface area contributed by atoms with Crippen molar-refractivity contribution >= 4 is 11.9 Å². The number of aliphatic hydroxyl groups excluding tert-OH is 1. The molecular formula is C27H40O7. The minimum Gasteiger partial charge on any atom is -0.482 e. The van der Waals surface area contributed by atoms with Crippen LogP contribution >= 0.6 is 0 Å². The van der Waals surface area contributed by atoms with Crippen molar-refractivity contribution in [3.8, 4) is 5.75 Å². The Hall–Kier alpha value is -2.12. The number of aliphatic hydroxyl groups is 1. The van der Waals surface area contributed by atoms with Crippen LogP contribution in [-0.4, -0.2) is 54.2 Å². The van der Waals surface area contributed by atoms with Gasteiger partial charge in [0.05, 0.1) is 6.10 Å². The molecule has 0 saturated heterocycles. The quantitative estimate of drug-likeness (QED) is 0.325. The highest BCUT2D eigenvalue weighted by molar-refractivity contribution is 5.74. The van der Waals surface area contributed by atoms with E-state index in [0.29, 0.717) is 17.6 Å². The molecule has 34 heavy (non-hydrogen) atoms. The van der Waals surface area contributed by atoms with Crippen LogP contribution in [0.3, 0.4) is 0 Å². The summed E-state index contributed by atoms with van der Waals surface area (Å²) in [6.07, 6.45) is 6.89. The minimum absolute atomic E-state index is 0.158. The van der Waals surface area contributed by atoms with E-state index in [2.05, 4.69) is 13.0 Å². The van der Waals surface area contributed by atoms with Crippen molar-refractivity contribution in [1.29, 1.82) is 0 Å². The summed E-state index contributed by atoms with van der Waals surface area (Å²) < 4.78 is 16.4. The summed E-state index contributed by atoms with van der Waals surface area (Å²) in [5.74, 6) is 0.199. The Morgan fingerprint density at radius 3 is 2.68 bits per heavy atom. The van der Waals surface area contributed by atoms with E-state index in [1.165, 1.54) is 12.7 Å². The summed E-state index contributed by atoms with van der Waals surface area (Å²) in [4.78, 5) is 23.3. The molecule has 0 heterocycles. The highest BCUT2D eigenvalue weighted by Crippen LogP contribution is 2.48. The topological polar surface area (TPSA) is 102 Å². The molecule has 0 spiro atoms. The molecule has 0 amide bonds. The van der Waals surface area contributed by atoms with Gasteiger partial charge in [0.25, 0.3) is 0 Å². The zero-order valence-corrected chi connectivity index (χ0v) is 20.7. The molecule has 1 aromatic rings. The molecule has 0 aliphatic heterocycles. The standard InChI is InChI=1S/C27H40O7/c1-4-5-6-9-20(34-27(31)17(2)32-3)11-12-21-22-13-18-8-7-10-25(33-16-26(29)30)23(18)14-19(22)15-24(21)28/h7-8,10,17,19-22,24,28H,4-6,9,11-16H2,1-3H3,(H,29,30)/t17-,19-,20-,21+,22-,24+/m0/s1. The largest absolute Gasteiger partial charge is 0.482 e. The van der Waals surface area contributed by atoms with Crippen LogP contribution in [0, 0.1) is 17.8 Å². The van der Waals surface area contributed by atoms with Gasteiger partial charge in [-0.15, -0.1) is 0 Å². The summed E-state index contributed by atoms with van der Waals surface area (Å²) in [5.41, 5.74) is 2.26. The van der Waals surface area contributed by atoms with Crippen molar-refractivity contribution < 1.29 is 34.0 Å². The zero-order chi connectivity index (χ0) is 24.7. The Morgan fingerprint density at radius 2 is 1.97 bits per heavy atom. The number of esters is 1. The Kier molecular flexibility index (Phi) is 9.77. The summed E-state index contributed by atoms with van der Waals surface area (Å²) in [7, 11) is 1.51. The number of carboxylic acid groups (broad SMARTS) is 1. The first kappa shape index (κ1) is 26.5. The summed E-state index contributed by atoms with van der Waals surface area (Å²) in [6, 6.07) is 5.83. The first-order valence-electron chi connectivity index (χ1n) is 12.7. The Bertz CT molecular complexity index is 823. The summed E-state index contributed by atoms with van der Waals surface area (Å²) >= 11 is 0. The van der Waals surface area contributed by atoms with Gasteiger partial charge in [0.2, 0.25) is 0 Å². The molecule has 7 nitrogen and oxygen atoms in total. The van der Waals surface area contributed by atoms with Crippen LogP contribution in [0.1, 0.15) is 69.9 Å². The fraction of sp³-hybridized carbons (Fsp3) is 0.704. The van der Waals surface area contributed by atoms with E-state index in [1.54, 1.807) is 6.92 Å². The number of methoxy groups -OCH3 is 1. The predicted octanol–water partition coefficient (Wildman–Crippen LogP) is 4.17. The fourth-order valence-electron chi connectivity index (χ4n) is 5.70. The van der Waals surface area contributed by atoms with Gasteiger partial charge >= 0.3 is 11.9 Å². The van der Waals surface area contributed by atoms with Crippen LogP contribution in [0.4, 0.5) is 0 Å². The molecule has 0 unspecified atom stereocenters. The van der Waals surface area contributed by atoms with Gasteiger partial charge in [0, 0.05) is 7.11 Å². The minimum atomic E-state index is -0.989. The lowest BCUT2D eigenvalue weighted by Crippen LogP contribution is -2.30. The molecule has 0 bridgehead atoms. The van der Waals surface area contributed by atoms with Crippen LogP contribution in [0.25, 0.3) is 0 Å². The molecule has 2 aliphatic carbocycles. The molecule has 0 aromatic heterocycles. The van der Waals surface area contributed by atoms with E-state index in [0.717, 1.165) is 63.4 Å². The van der Waals surface area contributed by atoms with Gasteiger partial charge < -0.3 is 24.4 Å². The van der Waals surface area contributed by atoms with Crippen molar-refractivity contribution in [2.75, 3.05) is 13.7 Å². The van der Waals surface area contributed by atoms with Crippen LogP contribution in [-0.2, 0) is 31.9 Å². The maximum atomic E-state index is 12.3. The van der Waals surface area contributed by atoms with Gasteiger partial charge in [-0.2, -0.15) is 0 Å². The number of hydrogen-bond acceptors (Lipinski definition) is 6. The number of rotatable bonds is 13. The molecular weight excluding hydrogens is 436 g/mol. The highest BCUT2D eigenvalue weighted by Gasteiger charge is 2.45. The third kappa shape index (κ3) is 6.72. The van der Waals surface area contributed by atoms with Gasteiger partial charge in [-0.1, -0.05) is 31.9 Å². The number of benzene rings is 1. The van der Waals surface area contributed by atoms with Crippen molar-refractivity contribution in [2.45, 2.75) is 89.9 Å². The second kappa shape index (κ2) is 12.5. The number of carbonyl (C=O) groups excluding carboxylic acids is 1. The first-order valence-corrected chi connectivity index (χ1v) is 12.7. The lowest BCUT2D eigenvalue weighted by atomic mass is 9.73. The van der Waals surface area contributed by atoms with E-state index in [9.17, 15) is 14.7 Å². The Labute approximate surface area is 202 Å². The van der Waals surface area contributed by atoms with Gasteiger partial charge in [-0.25, -0.2) is 9.59 Å². The molecule has 6 atom stereocenters. The third-order valence-corrected chi connectivity index (χ3v) is 7.62. The van der Waals surface area contributed by atoms with Crippen molar-refractivity contribution in [3.05, 3.63) is 29.3 Å². The number of unbranched alkanes of at least 4 members (excludes halogenated alkanes) is 2. The van der Waals surface area contributed by atoms with Crippen molar-refractivity contribution in [2.24, 2.45) is 17.8 Å². The first-order chi connectivity index (χ1) is 16.3. The fourth-order valence-corrected chi connectivity index (χ4v) is 5.70. The molecule has 1 fully saturated rings. The Balaban J connectivity index is 1.65. The molecule has 7 heteroatoms. The van der Waals surface area contributed by atoms with Gasteiger partial charge in [-0.05, 0) is 86.8 Å². The van der Waals surface area contributed by atoms with Gasteiger partial charge in [0.1, 0.15) is 11.9 Å². The highest BCUT2D eigenvalue weighted by atomic mass is 16.6. The lowest BCUT2D eigenvalue weighted by Gasteiger charge is -2.33. The van der Waals surface area contributed by atoms with Gasteiger partial charge in [0.15, 0.2) is 12.7 Å². The van der Waals surface area contributed by atoms with Crippen LogP contribution < -0.4 is 4.74 Å². The SMILES string of the molecule is CCCCC[C@@H](CC[C@@H]1[C@H]2Cc3cccc(OCC(=O)O)c3C[C@H]2C[C@H]1O)OC(=O)[C@H](C)OC. The molecule has 190 valence electrons. The maximum Gasteiger partial charge on any atom is 0.341 e. The second-order valence-electron chi connectivity index (χ2n) is 9.89. The van der Waals surface area contributed by atoms with E-state index in [-0.39, 0.29) is 30.7 Å². The molecule has 1 aromatic carbocycles. The normalized spacial score (nSPS) is 25.2. The second-order valence-corrected chi connectivity index (χ2v) is 9.89. The molecule has 1 saturated carbocycles. The smallest absolute Gasteiger partial charge is 0.341 e. The average Bonchev–Trinajstić information content (AvgIpc) is 3.12. The van der Waals surface area contributed by atoms with Gasteiger partial charge in [-0.3, -0.25) is 0 Å². The Morgan fingerprint density at radius 1 is 1.18 bits per heavy atom. The molecule has 0 radical (unpaired) electrons. The number of fused-ring (bicyclic) bond motifs is 2. The van der Waals surface area contributed by atoms with Crippen molar-refractivity contribution in [1.82, 2.24) is 0 Å². The average molecular weight is 477 g/mol. The van der Waals surface area contributed by atoms with E-state index >= 15 is 0 Å². The zero-order valence-electron chi connectivity index (χ0n) is 20.7. The number of carboxylic acids is 1. The number of ether oxygens (including phenoxy) is 3. The summed E-state index contributed by atoms with van der Waals surface area (Å²) in [6.45, 7) is 3.50. The van der Waals surface area contributed by atoms with E-state index < -0.39 is 12.1 Å². The number of hydrogen-bond donors (Lipinski definition) is 2.